The zero-order valence-corrected chi connectivity index (χ0v) is 19.4. The van der Waals surface area contributed by atoms with Gasteiger partial charge < -0.3 is 14.4 Å². The van der Waals surface area contributed by atoms with E-state index in [-0.39, 0.29) is 17.4 Å². The van der Waals surface area contributed by atoms with Crippen molar-refractivity contribution in [3.8, 4) is 11.4 Å². The summed E-state index contributed by atoms with van der Waals surface area (Å²) in [6.07, 6.45) is 3.42. The van der Waals surface area contributed by atoms with Gasteiger partial charge in [0.1, 0.15) is 5.82 Å². The summed E-state index contributed by atoms with van der Waals surface area (Å²) in [6.45, 7) is 6.20. The summed E-state index contributed by atoms with van der Waals surface area (Å²) in [4.78, 5) is 32.0. The molecule has 3 aromatic rings. The lowest BCUT2D eigenvalue weighted by molar-refractivity contribution is -0.128. The smallest absolute Gasteiger partial charge is 0.233 e. The molecule has 1 aliphatic heterocycles. The second-order valence-corrected chi connectivity index (χ2v) is 8.61. The molecule has 0 radical (unpaired) electrons. The summed E-state index contributed by atoms with van der Waals surface area (Å²) in [6, 6.07) is 8.31. The van der Waals surface area contributed by atoms with Crippen LogP contribution in [0.4, 0.5) is 10.1 Å². The van der Waals surface area contributed by atoms with Gasteiger partial charge in [-0.2, -0.15) is 0 Å². The third-order valence-corrected chi connectivity index (χ3v) is 6.58. The van der Waals surface area contributed by atoms with Crippen molar-refractivity contribution in [1.29, 1.82) is 0 Å². The fourth-order valence-corrected chi connectivity index (χ4v) is 4.70. The molecule has 1 aliphatic rings. The van der Waals surface area contributed by atoms with Gasteiger partial charge in [-0.3, -0.25) is 14.6 Å². The molecule has 1 amide bonds. The molecule has 0 aliphatic carbocycles. The standard InChI is InChI=1S/C23H25FN6O2S/c1-3-30-22(17-6-8-25-9-7-17)26-27-23(30)33-15-21(32)29-12-10-28(11-13-29)20-5-4-18(16(2)31)14-19(20)24/h4-9,14H,3,10-13,15H2,1-2H3. The van der Waals surface area contributed by atoms with Gasteiger partial charge in [-0.05, 0) is 44.2 Å². The molecule has 1 fully saturated rings. The number of thioether (sulfide) groups is 1. The predicted octanol–water partition coefficient (Wildman–Crippen LogP) is 3.14. The number of carbonyl (C=O) groups is 2. The van der Waals surface area contributed by atoms with Crippen LogP contribution < -0.4 is 4.90 Å². The minimum absolute atomic E-state index is 0.0168. The molecule has 33 heavy (non-hydrogen) atoms. The first-order valence-corrected chi connectivity index (χ1v) is 11.8. The molecule has 1 saturated heterocycles. The van der Waals surface area contributed by atoms with E-state index in [9.17, 15) is 14.0 Å². The average molecular weight is 469 g/mol. The SMILES string of the molecule is CCn1c(SCC(=O)N2CCN(c3ccc(C(C)=O)cc3F)CC2)nnc1-c1ccncc1. The summed E-state index contributed by atoms with van der Waals surface area (Å²) in [5, 5.41) is 9.26. The van der Waals surface area contributed by atoms with Crippen LogP contribution >= 0.6 is 11.8 Å². The number of hydrogen-bond acceptors (Lipinski definition) is 7. The van der Waals surface area contributed by atoms with Crippen molar-refractivity contribution in [2.45, 2.75) is 25.5 Å². The van der Waals surface area contributed by atoms with Crippen molar-refractivity contribution in [3.05, 3.63) is 54.1 Å². The van der Waals surface area contributed by atoms with Gasteiger partial charge in [-0.1, -0.05) is 11.8 Å². The fourth-order valence-electron chi connectivity index (χ4n) is 3.79. The zero-order chi connectivity index (χ0) is 23.4. The second-order valence-electron chi connectivity index (χ2n) is 7.67. The van der Waals surface area contributed by atoms with Gasteiger partial charge in [0.25, 0.3) is 0 Å². The maximum absolute atomic E-state index is 14.5. The normalized spacial score (nSPS) is 13.9. The van der Waals surface area contributed by atoms with Gasteiger partial charge in [0, 0.05) is 56.2 Å². The average Bonchev–Trinajstić information content (AvgIpc) is 3.26. The number of Topliss-reactive ketones (excluding diaryl/α,β-unsaturated/α-hetero) is 1. The van der Waals surface area contributed by atoms with Crippen molar-refractivity contribution in [1.82, 2.24) is 24.6 Å². The number of nitrogens with zero attached hydrogens (tertiary/aromatic N) is 6. The topological polar surface area (TPSA) is 84.2 Å². The Balaban J connectivity index is 1.34. The van der Waals surface area contributed by atoms with Crippen LogP contribution in [0, 0.1) is 5.82 Å². The number of benzene rings is 1. The van der Waals surface area contributed by atoms with Crippen LogP contribution in [0.25, 0.3) is 11.4 Å². The van der Waals surface area contributed by atoms with Crippen LogP contribution in [0.3, 0.4) is 0 Å². The Hall–Kier alpha value is -3.27. The molecule has 4 rings (SSSR count). The van der Waals surface area contributed by atoms with Gasteiger partial charge >= 0.3 is 0 Å². The largest absolute Gasteiger partial charge is 0.366 e. The number of ketones is 1. The second kappa shape index (κ2) is 10.1. The Kier molecular flexibility index (Phi) is 7.02. The van der Waals surface area contributed by atoms with E-state index in [0.29, 0.717) is 49.1 Å². The van der Waals surface area contributed by atoms with Gasteiger partial charge in [-0.15, -0.1) is 10.2 Å². The number of hydrogen-bond donors (Lipinski definition) is 0. The lowest BCUT2D eigenvalue weighted by Gasteiger charge is -2.36. The Morgan fingerprint density at radius 1 is 1.06 bits per heavy atom. The van der Waals surface area contributed by atoms with E-state index in [1.807, 2.05) is 28.5 Å². The van der Waals surface area contributed by atoms with E-state index in [0.717, 1.165) is 11.4 Å². The molecule has 8 nitrogen and oxygen atoms in total. The lowest BCUT2D eigenvalue weighted by atomic mass is 10.1. The highest BCUT2D eigenvalue weighted by atomic mass is 32.2. The van der Waals surface area contributed by atoms with E-state index in [1.54, 1.807) is 29.4 Å². The van der Waals surface area contributed by atoms with Crippen LogP contribution in [-0.2, 0) is 11.3 Å². The summed E-state index contributed by atoms with van der Waals surface area (Å²) in [5.41, 5.74) is 1.74. The maximum Gasteiger partial charge on any atom is 0.233 e. The highest BCUT2D eigenvalue weighted by Gasteiger charge is 2.24. The van der Waals surface area contributed by atoms with Crippen LogP contribution in [0.5, 0.6) is 0 Å². The molecule has 0 atom stereocenters. The minimum atomic E-state index is -0.415. The number of carbonyl (C=O) groups excluding carboxylic acids is 2. The molecule has 0 spiro atoms. The van der Waals surface area contributed by atoms with E-state index in [2.05, 4.69) is 15.2 Å². The van der Waals surface area contributed by atoms with Crippen LogP contribution in [0.2, 0.25) is 0 Å². The summed E-state index contributed by atoms with van der Waals surface area (Å²) >= 11 is 1.37. The van der Waals surface area contributed by atoms with Crippen molar-refractivity contribution in [2.24, 2.45) is 0 Å². The summed E-state index contributed by atoms with van der Waals surface area (Å²) in [7, 11) is 0. The molecule has 0 bridgehead atoms. The predicted molar refractivity (Wildman–Crippen MR) is 125 cm³/mol. The van der Waals surface area contributed by atoms with Crippen LogP contribution in [0.15, 0.2) is 47.9 Å². The highest BCUT2D eigenvalue weighted by Crippen LogP contribution is 2.25. The molecule has 0 unspecified atom stereocenters. The third kappa shape index (κ3) is 5.05. The van der Waals surface area contributed by atoms with Gasteiger partial charge in [0.05, 0.1) is 11.4 Å². The van der Waals surface area contributed by atoms with Crippen LogP contribution in [-0.4, -0.2) is 68.3 Å². The first-order valence-electron chi connectivity index (χ1n) is 10.8. The number of anilines is 1. The number of piperazine rings is 1. The first kappa shape index (κ1) is 22.9. The Morgan fingerprint density at radius 3 is 2.42 bits per heavy atom. The molecule has 1 aromatic carbocycles. The van der Waals surface area contributed by atoms with E-state index >= 15 is 0 Å². The zero-order valence-electron chi connectivity index (χ0n) is 18.6. The van der Waals surface area contributed by atoms with Gasteiger partial charge in [-0.25, -0.2) is 4.39 Å². The number of aromatic nitrogens is 4. The lowest BCUT2D eigenvalue weighted by Crippen LogP contribution is -2.49. The maximum atomic E-state index is 14.5. The molecular weight excluding hydrogens is 443 g/mol. The minimum Gasteiger partial charge on any atom is -0.366 e. The Morgan fingerprint density at radius 2 is 1.79 bits per heavy atom. The van der Waals surface area contributed by atoms with E-state index in [4.69, 9.17) is 0 Å². The molecule has 3 heterocycles. The quantitative estimate of drug-likeness (QED) is 0.389. The first-order chi connectivity index (χ1) is 16.0. The third-order valence-electron chi connectivity index (χ3n) is 5.62. The molecule has 172 valence electrons. The van der Waals surface area contributed by atoms with Crippen LogP contribution in [0.1, 0.15) is 24.2 Å². The number of rotatable bonds is 7. The molecule has 10 heteroatoms. The number of pyridine rings is 1. The molecule has 0 saturated carbocycles. The molecule has 0 N–H and O–H groups in total. The number of amides is 1. The van der Waals surface area contributed by atoms with Gasteiger partial charge in [0.15, 0.2) is 16.8 Å². The van der Waals surface area contributed by atoms with Crippen molar-refractivity contribution in [3.63, 3.8) is 0 Å². The van der Waals surface area contributed by atoms with Crippen molar-refractivity contribution < 1.29 is 14.0 Å². The Bertz CT molecular complexity index is 1150. The summed E-state index contributed by atoms with van der Waals surface area (Å²) in [5.74, 6) is 0.447. The van der Waals surface area contributed by atoms with Gasteiger partial charge in [0.2, 0.25) is 5.91 Å². The molecule has 2 aromatic heterocycles. The van der Waals surface area contributed by atoms with Crippen molar-refractivity contribution >= 4 is 29.1 Å². The monoisotopic (exact) mass is 468 g/mol. The Labute approximate surface area is 195 Å². The van der Waals surface area contributed by atoms with Crippen molar-refractivity contribution in [2.75, 3.05) is 36.8 Å². The molecular formula is C23H25FN6O2S. The van der Waals surface area contributed by atoms with E-state index < -0.39 is 5.82 Å². The number of halogens is 1. The summed E-state index contributed by atoms with van der Waals surface area (Å²) < 4.78 is 16.4. The van der Waals surface area contributed by atoms with E-state index in [1.165, 1.54) is 24.8 Å². The highest BCUT2D eigenvalue weighted by molar-refractivity contribution is 7.99. The fraction of sp³-hybridized carbons (Fsp3) is 0.348.